The third-order valence-corrected chi connectivity index (χ3v) is 3.70. The van der Waals surface area contributed by atoms with E-state index in [1.807, 2.05) is 17.7 Å². The first-order valence-corrected chi connectivity index (χ1v) is 6.56. The molecule has 0 aliphatic rings. The zero-order valence-electron chi connectivity index (χ0n) is 12.2. The van der Waals surface area contributed by atoms with Crippen LogP contribution in [0.1, 0.15) is 37.9 Å². The second-order valence-corrected chi connectivity index (χ2v) is 5.46. The number of tetrazole rings is 1. The van der Waals surface area contributed by atoms with E-state index in [0.717, 1.165) is 28.2 Å². The predicted molar refractivity (Wildman–Crippen MR) is 76.7 cm³/mol. The highest BCUT2D eigenvalue weighted by Crippen LogP contribution is 2.28. The molecule has 0 saturated heterocycles. The van der Waals surface area contributed by atoms with Crippen LogP contribution in [0.25, 0.3) is 11.4 Å². The van der Waals surface area contributed by atoms with Gasteiger partial charge in [0.05, 0.1) is 6.04 Å². The molecule has 0 aliphatic heterocycles. The van der Waals surface area contributed by atoms with Crippen molar-refractivity contribution in [2.75, 3.05) is 5.73 Å². The second kappa shape index (κ2) is 4.99. The molecule has 5 nitrogen and oxygen atoms in total. The van der Waals surface area contributed by atoms with Crippen LogP contribution in [0.3, 0.4) is 0 Å². The second-order valence-electron chi connectivity index (χ2n) is 5.46. The first kappa shape index (κ1) is 13.5. The third-order valence-electron chi connectivity index (χ3n) is 3.70. The normalized spacial score (nSPS) is 12.9. The number of anilines is 1. The SMILES string of the molecule is Cc1cc(C)c(-c2nnnn2C(C)C(C)C)cc1N. The fourth-order valence-corrected chi connectivity index (χ4v) is 2.04. The lowest BCUT2D eigenvalue weighted by Crippen LogP contribution is -2.15. The molecule has 2 rings (SSSR count). The van der Waals surface area contributed by atoms with Crippen LogP contribution in [0, 0.1) is 19.8 Å². The summed E-state index contributed by atoms with van der Waals surface area (Å²) in [5, 5.41) is 12.1. The van der Waals surface area contributed by atoms with Gasteiger partial charge in [-0.25, -0.2) is 4.68 Å². The summed E-state index contributed by atoms with van der Waals surface area (Å²) < 4.78 is 1.88. The molecule has 0 fully saturated rings. The Morgan fingerprint density at radius 1 is 1.11 bits per heavy atom. The van der Waals surface area contributed by atoms with Crippen LogP contribution in [0.15, 0.2) is 12.1 Å². The fraction of sp³-hybridized carbons (Fsp3) is 0.500. The van der Waals surface area contributed by atoms with Crippen molar-refractivity contribution >= 4 is 5.69 Å². The predicted octanol–water partition coefficient (Wildman–Crippen LogP) is 2.76. The summed E-state index contributed by atoms with van der Waals surface area (Å²) in [5.41, 5.74) is 9.99. The Kier molecular flexibility index (Phi) is 3.55. The number of rotatable bonds is 3. The molecule has 1 heterocycles. The lowest BCUT2D eigenvalue weighted by Gasteiger charge is -2.18. The highest BCUT2D eigenvalue weighted by atomic mass is 15.5. The van der Waals surface area contributed by atoms with Crippen molar-refractivity contribution < 1.29 is 0 Å². The summed E-state index contributed by atoms with van der Waals surface area (Å²) in [6.45, 7) is 10.5. The molecule has 0 bridgehead atoms. The van der Waals surface area contributed by atoms with Crippen LogP contribution < -0.4 is 5.73 Å². The van der Waals surface area contributed by atoms with Crippen LogP contribution >= 0.6 is 0 Å². The molecule has 19 heavy (non-hydrogen) atoms. The molecule has 102 valence electrons. The van der Waals surface area contributed by atoms with Gasteiger partial charge in [-0.1, -0.05) is 19.9 Å². The Morgan fingerprint density at radius 3 is 2.42 bits per heavy atom. The molecule has 0 aliphatic carbocycles. The zero-order chi connectivity index (χ0) is 14.2. The average molecular weight is 259 g/mol. The molecule has 5 heteroatoms. The minimum Gasteiger partial charge on any atom is -0.398 e. The molecule has 0 radical (unpaired) electrons. The monoisotopic (exact) mass is 259 g/mol. The van der Waals surface area contributed by atoms with Crippen molar-refractivity contribution in [3.8, 4) is 11.4 Å². The van der Waals surface area contributed by atoms with E-state index >= 15 is 0 Å². The summed E-state index contributed by atoms with van der Waals surface area (Å²) >= 11 is 0. The van der Waals surface area contributed by atoms with Crippen molar-refractivity contribution in [1.82, 2.24) is 20.2 Å². The number of aryl methyl sites for hydroxylation is 2. The van der Waals surface area contributed by atoms with Gasteiger partial charge >= 0.3 is 0 Å². The van der Waals surface area contributed by atoms with Crippen LogP contribution in [0.4, 0.5) is 5.69 Å². The quantitative estimate of drug-likeness (QED) is 0.860. The Bertz CT molecular complexity index is 586. The van der Waals surface area contributed by atoms with E-state index in [2.05, 4.69) is 49.3 Å². The minimum atomic E-state index is 0.243. The van der Waals surface area contributed by atoms with Crippen molar-refractivity contribution in [2.24, 2.45) is 5.92 Å². The fourth-order valence-electron chi connectivity index (χ4n) is 2.04. The van der Waals surface area contributed by atoms with E-state index in [1.165, 1.54) is 0 Å². The summed E-state index contributed by atoms with van der Waals surface area (Å²) in [5.74, 6) is 1.25. The van der Waals surface area contributed by atoms with Gasteiger partial charge in [0.2, 0.25) is 0 Å². The summed E-state index contributed by atoms with van der Waals surface area (Å²) in [4.78, 5) is 0. The highest BCUT2D eigenvalue weighted by molar-refractivity contribution is 5.67. The van der Waals surface area contributed by atoms with Gasteiger partial charge in [0.1, 0.15) is 0 Å². The number of hydrogen-bond donors (Lipinski definition) is 1. The standard InChI is InChI=1S/C14H21N5/c1-8(2)11(5)19-14(16-17-18-19)12-7-13(15)10(4)6-9(12)3/h6-8,11H,15H2,1-5H3. The third kappa shape index (κ3) is 2.45. The van der Waals surface area contributed by atoms with E-state index < -0.39 is 0 Å². The lowest BCUT2D eigenvalue weighted by molar-refractivity contribution is 0.371. The van der Waals surface area contributed by atoms with Gasteiger partial charge in [0, 0.05) is 11.3 Å². The van der Waals surface area contributed by atoms with Gasteiger partial charge < -0.3 is 5.73 Å². The van der Waals surface area contributed by atoms with Gasteiger partial charge in [0.15, 0.2) is 5.82 Å². The maximum atomic E-state index is 6.00. The van der Waals surface area contributed by atoms with Crippen LogP contribution in [0.5, 0.6) is 0 Å². The average Bonchev–Trinajstić information content (AvgIpc) is 2.81. The van der Waals surface area contributed by atoms with E-state index in [9.17, 15) is 0 Å². The van der Waals surface area contributed by atoms with Crippen LogP contribution in [-0.2, 0) is 0 Å². The molecule has 2 N–H and O–H groups in total. The number of hydrogen-bond acceptors (Lipinski definition) is 4. The number of benzene rings is 1. The Hall–Kier alpha value is -1.91. The van der Waals surface area contributed by atoms with Crippen molar-refractivity contribution in [3.63, 3.8) is 0 Å². The first-order valence-electron chi connectivity index (χ1n) is 6.56. The Labute approximate surface area is 113 Å². The molecule has 0 spiro atoms. The Balaban J connectivity index is 2.55. The highest BCUT2D eigenvalue weighted by Gasteiger charge is 2.19. The first-order chi connectivity index (χ1) is 8.91. The zero-order valence-corrected chi connectivity index (χ0v) is 12.2. The van der Waals surface area contributed by atoms with Gasteiger partial charge in [-0.15, -0.1) is 5.10 Å². The van der Waals surface area contributed by atoms with Crippen LogP contribution in [0.2, 0.25) is 0 Å². The van der Waals surface area contributed by atoms with Crippen molar-refractivity contribution in [3.05, 3.63) is 23.3 Å². The molecule has 1 atom stereocenters. The summed E-state index contributed by atoms with van der Waals surface area (Å²) in [6.07, 6.45) is 0. The van der Waals surface area contributed by atoms with E-state index in [-0.39, 0.29) is 6.04 Å². The van der Waals surface area contributed by atoms with Gasteiger partial charge in [-0.2, -0.15) is 0 Å². The van der Waals surface area contributed by atoms with Crippen LogP contribution in [-0.4, -0.2) is 20.2 Å². The van der Waals surface area contributed by atoms with E-state index in [0.29, 0.717) is 5.92 Å². The number of nitrogens with two attached hydrogens (primary N) is 1. The molecular weight excluding hydrogens is 238 g/mol. The van der Waals surface area contributed by atoms with Crippen molar-refractivity contribution in [1.29, 1.82) is 0 Å². The van der Waals surface area contributed by atoms with E-state index in [4.69, 9.17) is 5.73 Å². The summed E-state index contributed by atoms with van der Waals surface area (Å²) in [6, 6.07) is 4.27. The largest absolute Gasteiger partial charge is 0.398 e. The molecule has 1 aromatic heterocycles. The number of nitrogens with zero attached hydrogens (tertiary/aromatic N) is 4. The Morgan fingerprint density at radius 2 is 1.79 bits per heavy atom. The maximum absolute atomic E-state index is 6.00. The molecule has 1 aromatic carbocycles. The molecule has 1 unspecified atom stereocenters. The van der Waals surface area contributed by atoms with Gasteiger partial charge in [0.25, 0.3) is 0 Å². The maximum Gasteiger partial charge on any atom is 0.182 e. The molecule has 0 amide bonds. The molecule has 2 aromatic rings. The van der Waals surface area contributed by atoms with E-state index in [1.54, 1.807) is 0 Å². The number of aromatic nitrogens is 4. The lowest BCUT2D eigenvalue weighted by atomic mass is 10.0. The summed E-state index contributed by atoms with van der Waals surface area (Å²) in [7, 11) is 0. The van der Waals surface area contributed by atoms with Gasteiger partial charge in [-0.05, 0) is 54.3 Å². The number of nitrogen functional groups attached to an aromatic ring is 1. The van der Waals surface area contributed by atoms with Crippen molar-refractivity contribution in [2.45, 2.75) is 40.7 Å². The minimum absolute atomic E-state index is 0.243. The topological polar surface area (TPSA) is 69.6 Å². The van der Waals surface area contributed by atoms with Gasteiger partial charge in [-0.3, -0.25) is 0 Å². The molecular formula is C14H21N5. The molecule has 0 saturated carbocycles. The smallest absolute Gasteiger partial charge is 0.182 e.